The summed E-state index contributed by atoms with van der Waals surface area (Å²) in [5.74, 6) is -1.38. The van der Waals surface area contributed by atoms with Gasteiger partial charge < -0.3 is 16.2 Å². The molecule has 0 spiro atoms. The number of benzene rings is 2. The lowest BCUT2D eigenvalue weighted by molar-refractivity contribution is -0.117. The van der Waals surface area contributed by atoms with Gasteiger partial charge in [0.05, 0.1) is 17.0 Å². The van der Waals surface area contributed by atoms with Crippen LogP contribution in [0.3, 0.4) is 0 Å². The molecule has 4 N–H and O–H groups in total. The molecule has 0 radical (unpaired) electrons. The first-order valence-electron chi connectivity index (χ1n) is 6.63. The predicted octanol–water partition coefficient (Wildman–Crippen LogP) is 1.46. The van der Waals surface area contributed by atoms with E-state index in [1.54, 1.807) is 24.3 Å². The maximum atomic E-state index is 11.9. The van der Waals surface area contributed by atoms with Gasteiger partial charge in [-0.2, -0.15) is 0 Å². The first kappa shape index (κ1) is 14.0. The van der Waals surface area contributed by atoms with E-state index >= 15 is 0 Å². The molecular formula is C16H13N3O3. The molecule has 2 aromatic carbocycles. The number of nitrogens with zero attached hydrogens (tertiary/aromatic N) is 1. The van der Waals surface area contributed by atoms with Crippen LogP contribution < -0.4 is 11.1 Å². The number of hydrogen-bond acceptors (Lipinski definition) is 4. The number of carboxylic acids is 1. The Bertz CT molecular complexity index is 781. The average molecular weight is 295 g/mol. The maximum absolute atomic E-state index is 11.9. The van der Waals surface area contributed by atoms with E-state index in [0.29, 0.717) is 17.0 Å². The van der Waals surface area contributed by atoms with Gasteiger partial charge in [0, 0.05) is 11.1 Å². The quantitative estimate of drug-likeness (QED) is 0.780. The van der Waals surface area contributed by atoms with Crippen LogP contribution in [0.2, 0.25) is 0 Å². The van der Waals surface area contributed by atoms with Crippen LogP contribution in [-0.4, -0.2) is 28.9 Å². The summed E-state index contributed by atoms with van der Waals surface area (Å²) in [6, 6.07) is 13.5. The van der Waals surface area contributed by atoms with Gasteiger partial charge in [-0.25, -0.2) is 4.79 Å². The number of nitrogens with one attached hydrogen (secondary N) is 1. The molecule has 1 heterocycles. The highest BCUT2D eigenvalue weighted by Crippen LogP contribution is 2.23. The number of hydrogen-bond donors (Lipinski definition) is 3. The number of nitrogens with two attached hydrogens (primary N) is 1. The average Bonchev–Trinajstić information content (AvgIpc) is 2.65. The first-order chi connectivity index (χ1) is 10.6. The van der Waals surface area contributed by atoms with Gasteiger partial charge in [-0.05, 0) is 18.2 Å². The number of benzodiazepines with no additional fused rings is 1. The van der Waals surface area contributed by atoms with Crippen molar-refractivity contribution >= 4 is 23.3 Å². The zero-order chi connectivity index (χ0) is 15.7. The van der Waals surface area contributed by atoms with Crippen LogP contribution in [0.1, 0.15) is 21.5 Å². The third-order valence-corrected chi connectivity index (χ3v) is 3.38. The molecule has 1 aliphatic heterocycles. The Morgan fingerprint density at radius 3 is 2.50 bits per heavy atom. The molecular weight excluding hydrogens is 282 g/mol. The number of carbonyl (C=O) groups is 2. The lowest BCUT2D eigenvalue weighted by Crippen LogP contribution is -2.33. The molecule has 0 aromatic heterocycles. The summed E-state index contributed by atoms with van der Waals surface area (Å²) < 4.78 is 0. The summed E-state index contributed by atoms with van der Waals surface area (Å²) in [5, 5.41) is 11.7. The molecule has 1 aliphatic rings. The first-order valence-corrected chi connectivity index (χ1v) is 6.63. The Morgan fingerprint density at radius 2 is 1.82 bits per heavy atom. The third-order valence-electron chi connectivity index (χ3n) is 3.38. The van der Waals surface area contributed by atoms with Crippen molar-refractivity contribution in [2.45, 2.75) is 6.17 Å². The Labute approximate surface area is 126 Å². The lowest BCUT2D eigenvalue weighted by Gasteiger charge is -2.09. The van der Waals surface area contributed by atoms with Gasteiger partial charge >= 0.3 is 5.97 Å². The fourth-order valence-electron chi connectivity index (χ4n) is 2.27. The number of aromatic carboxylic acids is 1. The maximum Gasteiger partial charge on any atom is 0.335 e. The number of aliphatic imine (C=N–C) groups is 1. The summed E-state index contributed by atoms with van der Waals surface area (Å²) in [7, 11) is 0. The molecule has 1 unspecified atom stereocenters. The summed E-state index contributed by atoms with van der Waals surface area (Å²) in [5.41, 5.74) is 8.58. The number of carbonyl (C=O) groups excluding carboxylic acids is 1. The van der Waals surface area contributed by atoms with Crippen molar-refractivity contribution in [1.29, 1.82) is 0 Å². The molecule has 22 heavy (non-hydrogen) atoms. The number of carboxylic acid groups (broad SMARTS) is 1. The zero-order valence-corrected chi connectivity index (χ0v) is 11.5. The normalized spacial score (nSPS) is 17.0. The van der Waals surface area contributed by atoms with Crippen molar-refractivity contribution in [3.05, 3.63) is 65.2 Å². The van der Waals surface area contributed by atoms with Crippen molar-refractivity contribution < 1.29 is 14.7 Å². The van der Waals surface area contributed by atoms with Gasteiger partial charge in [-0.1, -0.05) is 30.3 Å². The van der Waals surface area contributed by atoms with Gasteiger partial charge in [0.25, 0.3) is 5.91 Å². The Hall–Kier alpha value is -2.99. The van der Waals surface area contributed by atoms with Crippen molar-refractivity contribution in [3.8, 4) is 0 Å². The number of fused-ring (bicyclic) bond motifs is 1. The second-order valence-corrected chi connectivity index (χ2v) is 4.84. The van der Waals surface area contributed by atoms with Crippen LogP contribution in [0, 0.1) is 0 Å². The standard InChI is InChI=1S/C16H13N3O3/c17-14-15(20)18-12-4-2-1-3-11(12)13(19-14)9-5-7-10(8-6-9)16(21)22/h1-8,14H,17H2,(H,18,20)(H,21,22). The molecule has 6 heteroatoms. The van der Waals surface area contributed by atoms with Crippen LogP contribution in [0.5, 0.6) is 0 Å². The largest absolute Gasteiger partial charge is 0.478 e. The molecule has 3 rings (SSSR count). The topological polar surface area (TPSA) is 105 Å². The smallest absolute Gasteiger partial charge is 0.335 e. The van der Waals surface area contributed by atoms with Crippen molar-refractivity contribution in [3.63, 3.8) is 0 Å². The molecule has 0 saturated carbocycles. The van der Waals surface area contributed by atoms with E-state index in [1.165, 1.54) is 12.1 Å². The minimum Gasteiger partial charge on any atom is -0.478 e. The molecule has 2 aromatic rings. The summed E-state index contributed by atoms with van der Waals surface area (Å²) >= 11 is 0. The molecule has 110 valence electrons. The van der Waals surface area contributed by atoms with Crippen LogP contribution in [0.25, 0.3) is 0 Å². The van der Waals surface area contributed by atoms with Crippen molar-refractivity contribution in [2.24, 2.45) is 10.7 Å². The van der Waals surface area contributed by atoms with Crippen LogP contribution in [0.15, 0.2) is 53.5 Å². The number of anilines is 1. The van der Waals surface area contributed by atoms with E-state index in [4.69, 9.17) is 10.8 Å². The van der Waals surface area contributed by atoms with Crippen molar-refractivity contribution in [2.75, 3.05) is 5.32 Å². The minimum atomic E-state index is -1.01. The van der Waals surface area contributed by atoms with Gasteiger partial charge in [-0.3, -0.25) is 9.79 Å². The van der Waals surface area contributed by atoms with Crippen LogP contribution >= 0.6 is 0 Å². The fraction of sp³-hybridized carbons (Fsp3) is 0.0625. The minimum absolute atomic E-state index is 0.185. The third kappa shape index (κ3) is 2.47. The molecule has 0 aliphatic carbocycles. The number of amides is 1. The summed E-state index contributed by atoms with van der Waals surface area (Å²) in [6.45, 7) is 0. The van der Waals surface area contributed by atoms with Gasteiger partial charge in [0.2, 0.25) is 0 Å². The SMILES string of the molecule is NC1N=C(c2ccc(C(=O)O)cc2)c2ccccc2NC1=O. The van der Waals surface area contributed by atoms with E-state index in [-0.39, 0.29) is 11.5 Å². The fourth-order valence-corrected chi connectivity index (χ4v) is 2.27. The predicted molar refractivity (Wildman–Crippen MR) is 82.1 cm³/mol. The molecule has 1 amide bonds. The highest BCUT2D eigenvalue weighted by atomic mass is 16.4. The molecule has 0 bridgehead atoms. The number of rotatable bonds is 2. The number of para-hydroxylation sites is 1. The Morgan fingerprint density at radius 1 is 1.14 bits per heavy atom. The Kier molecular flexibility index (Phi) is 3.44. The lowest BCUT2D eigenvalue weighted by atomic mass is 9.99. The summed E-state index contributed by atoms with van der Waals surface area (Å²) in [6.07, 6.45) is -1.01. The zero-order valence-electron chi connectivity index (χ0n) is 11.5. The van der Waals surface area contributed by atoms with E-state index in [1.807, 2.05) is 12.1 Å². The monoisotopic (exact) mass is 295 g/mol. The van der Waals surface area contributed by atoms with Crippen molar-refractivity contribution in [1.82, 2.24) is 0 Å². The Balaban J connectivity index is 2.13. The van der Waals surface area contributed by atoms with Gasteiger partial charge in [0.1, 0.15) is 0 Å². The van der Waals surface area contributed by atoms with Crippen LogP contribution in [-0.2, 0) is 4.79 Å². The van der Waals surface area contributed by atoms with E-state index in [2.05, 4.69) is 10.3 Å². The van der Waals surface area contributed by atoms with Crippen LogP contribution in [0.4, 0.5) is 5.69 Å². The van der Waals surface area contributed by atoms with E-state index in [9.17, 15) is 9.59 Å². The highest BCUT2D eigenvalue weighted by molar-refractivity contribution is 6.19. The molecule has 1 atom stereocenters. The second-order valence-electron chi connectivity index (χ2n) is 4.84. The molecule has 6 nitrogen and oxygen atoms in total. The van der Waals surface area contributed by atoms with Gasteiger partial charge in [-0.15, -0.1) is 0 Å². The molecule has 0 fully saturated rings. The highest BCUT2D eigenvalue weighted by Gasteiger charge is 2.22. The van der Waals surface area contributed by atoms with Gasteiger partial charge in [0.15, 0.2) is 6.17 Å². The van der Waals surface area contributed by atoms with E-state index < -0.39 is 12.1 Å². The molecule has 0 saturated heterocycles. The second kappa shape index (κ2) is 5.42. The van der Waals surface area contributed by atoms with E-state index in [0.717, 1.165) is 5.56 Å². The summed E-state index contributed by atoms with van der Waals surface area (Å²) in [4.78, 5) is 27.1.